The van der Waals surface area contributed by atoms with Crippen molar-refractivity contribution in [1.82, 2.24) is 10.6 Å². The van der Waals surface area contributed by atoms with Crippen molar-refractivity contribution in [2.45, 2.75) is 82.7 Å². The normalized spacial score (nSPS) is 22.9. The third kappa shape index (κ3) is 4.97. The number of nitrogens with one attached hydrogen (secondary N) is 2. The number of rotatable bonds is 5. The third-order valence-corrected chi connectivity index (χ3v) is 4.36. The minimum Gasteiger partial charge on any atom is -0.353 e. The van der Waals surface area contributed by atoms with Crippen molar-refractivity contribution in [1.29, 1.82) is 0 Å². The molecular weight excluding hydrogens is 224 g/mol. The quantitative estimate of drug-likeness (QED) is 0.790. The lowest BCUT2D eigenvalue weighted by Crippen LogP contribution is -2.39. The van der Waals surface area contributed by atoms with Gasteiger partial charge in [-0.2, -0.15) is 0 Å². The summed E-state index contributed by atoms with van der Waals surface area (Å²) in [7, 11) is 0. The lowest BCUT2D eigenvalue weighted by Gasteiger charge is -2.24. The summed E-state index contributed by atoms with van der Waals surface area (Å²) in [6.45, 7) is 0.850. The maximum Gasteiger partial charge on any atom is 0.221 e. The van der Waals surface area contributed by atoms with Crippen molar-refractivity contribution in [3.63, 3.8) is 0 Å². The molecule has 0 saturated heterocycles. The maximum absolute atomic E-state index is 11.8. The minimum atomic E-state index is 0.241. The van der Waals surface area contributed by atoms with Gasteiger partial charge in [-0.25, -0.2) is 0 Å². The van der Waals surface area contributed by atoms with Crippen LogP contribution in [0.25, 0.3) is 0 Å². The molecule has 2 fully saturated rings. The highest BCUT2D eigenvalue weighted by Gasteiger charge is 2.16. The van der Waals surface area contributed by atoms with Crippen LogP contribution >= 0.6 is 0 Å². The molecule has 2 rings (SSSR count). The van der Waals surface area contributed by atoms with Crippen LogP contribution in [0.5, 0.6) is 0 Å². The van der Waals surface area contributed by atoms with Crippen molar-refractivity contribution < 1.29 is 4.79 Å². The van der Waals surface area contributed by atoms with E-state index in [1.807, 2.05) is 0 Å². The molecule has 0 aromatic heterocycles. The molecule has 2 aliphatic rings. The fraction of sp³-hybridized carbons (Fsp3) is 0.933. The molecule has 0 aromatic rings. The number of hydrogen-bond donors (Lipinski definition) is 2. The zero-order valence-corrected chi connectivity index (χ0v) is 11.5. The molecule has 0 aromatic carbocycles. The van der Waals surface area contributed by atoms with Gasteiger partial charge in [-0.1, -0.05) is 38.5 Å². The van der Waals surface area contributed by atoms with Gasteiger partial charge in [0.05, 0.1) is 0 Å². The summed E-state index contributed by atoms with van der Waals surface area (Å²) in [5.74, 6) is 0.241. The van der Waals surface area contributed by atoms with E-state index >= 15 is 0 Å². The first kappa shape index (κ1) is 13.9. The second-order valence-electron chi connectivity index (χ2n) is 5.94. The molecule has 0 unspecified atom stereocenters. The summed E-state index contributed by atoms with van der Waals surface area (Å²) in [5, 5.41) is 6.71. The Morgan fingerprint density at radius 2 is 1.39 bits per heavy atom. The van der Waals surface area contributed by atoms with E-state index in [1.165, 1.54) is 64.2 Å². The van der Waals surface area contributed by atoms with Gasteiger partial charge in [0.1, 0.15) is 0 Å². The standard InChI is InChI=1S/C15H28N2O/c18-15(17-14-9-5-2-6-10-14)11-12-16-13-7-3-1-4-8-13/h13-14,16H,1-12H2,(H,17,18). The molecule has 0 bridgehead atoms. The predicted octanol–water partition coefficient (Wildman–Crippen LogP) is 2.75. The van der Waals surface area contributed by atoms with E-state index in [4.69, 9.17) is 0 Å². The van der Waals surface area contributed by atoms with E-state index in [1.54, 1.807) is 0 Å². The Morgan fingerprint density at radius 3 is 2.00 bits per heavy atom. The maximum atomic E-state index is 11.8. The number of amides is 1. The second kappa shape index (κ2) is 7.78. The van der Waals surface area contributed by atoms with Gasteiger partial charge < -0.3 is 10.6 Å². The second-order valence-corrected chi connectivity index (χ2v) is 5.94. The molecule has 2 aliphatic carbocycles. The Morgan fingerprint density at radius 1 is 0.833 bits per heavy atom. The van der Waals surface area contributed by atoms with E-state index < -0.39 is 0 Å². The average molecular weight is 252 g/mol. The van der Waals surface area contributed by atoms with E-state index in [0.29, 0.717) is 18.5 Å². The smallest absolute Gasteiger partial charge is 0.221 e. The molecule has 2 saturated carbocycles. The molecule has 104 valence electrons. The number of hydrogen-bond acceptors (Lipinski definition) is 2. The van der Waals surface area contributed by atoms with Crippen molar-refractivity contribution in [3.05, 3.63) is 0 Å². The number of carbonyl (C=O) groups is 1. The van der Waals surface area contributed by atoms with E-state index in [2.05, 4.69) is 10.6 Å². The summed E-state index contributed by atoms with van der Waals surface area (Å²) in [4.78, 5) is 11.8. The summed E-state index contributed by atoms with van der Waals surface area (Å²) < 4.78 is 0. The van der Waals surface area contributed by atoms with Crippen molar-refractivity contribution in [3.8, 4) is 0 Å². The molecule has 1 amide bonds. The molecular formula is C15H28N2O. The molecule has 0 radical (unpaired) electrons. The van der Waals surface area contributed by atoms with Crippen LogP contribution in [0.15, 0.2) is 0 Å². The monoisotopic (exact) mass is 252 g/mol. The zero-order valence-electron chi connectivity index (χ0n) is 11.5. The Bertz CT molecular complexity index is 243. The fourth-order valence-electron chi connectivity index (χ4n) is 3.24. The summed E-state index contributed by atoms with van der Waals surface area (Å²) in [5.41, 5.74) is 0. The Balaban J connectivity index is 1.53. The van der Waals surface area contributed by atoms with Gasteiger partial charge in [-0.05, 0) is 25.7 Å². The van der Waals surface area contributed by atoms with Crippen LogP contribution in [0.1, 0.15) is 70.6 Å². The minimum absolute atomic E-state index is 0.241. The van der Waals surface area contributed by atoms with Crippen LogP contribution in [0, 0.1) is 0 Å². The van der Waals surface area contributed by atoms with Crippen molar-refractivity contribution in [2.24, 2.45) is 0 Å². The van der Waals surface area contributed by atoms with Gasteiger partial charge in [-0.3, -0.25) is 4.79 Å². The predicted molar refractivity (Wildman–Crippen MR) is 74.5 cm³/mol. The van der Waals surface area contributed by atoms with Crippen LogP contribution in [0.2, 0.25) is 0 Å². The van der Waals surface area contributed by atoms with Crippen LogP contribution in [0.3, 0.4) is 0 Å². The van der Waals surface area contributed by atoms with Gasteiger partial charge in [0.15, 0.2) is 0 Å². The highest BCUT2D eigenvalue weighted by Crippen LogP contribution is 2.18. The van der Waals surface area contributed by atoms with Gasteiger partial charge in [0, 0.05) is 25.0 Å². The topological polar surface area (TPSA) is 41.1 Å². The first-order valence-electron chi connectivity index (χ1n) is 7.87. The first-order valence-corrected chi connectivity index (χ1v) is 7.87. The lowest BCUT2D eigenvalue weighted by molar-refractivity contribution is -0.121. The Kier molecular flexibility index (Phi) is 5.98. The highest BCUT2D eigenvalue weighted by atomic mass is 16.1. The molecule has 3 nitrogen and oxygen atoms in total. The van der Waals surface area contributed by atoms with E-state index in [-0.39, 0.29) is 5.91 Å². The van der Waals surface area contributed by atoms with Crippen LogP contribution in [-0.4, -0.2) is 24.5 Å². The average Bonchev–Trinajstić information content (AvgIpc) is 2.41. The molecule has 3 heteroatoms. The highest BCUT2D eigenvalue weighted by molar-refractivity contribution is 5.76. The Hall–Kier alpha value is -0.570. The SMILES string of the molecule is O=C(CCNC1CCCCC1)NC1CCCCC1. The van der Waals surface area contributed by atoms with Gasteiger partial charge in [0.25, 0.3) is 0 Å². The van der Waals surface area contributed by atoms with Crippen LogP contribution < -0.4 is 10.6 Å². The zero-order chi connectivity index (χ0) is 12.6. The lowest BCUT2D eigenvalue weighted by atomic mass is 9.95. The van der Waals surface area contributed by atoms with Crippen LogP contribution in [-0.2, 0) is 4.79 Å². The molecule has 0 atom stereocenters. The Labute approximate surface area is 111 Å². The first-order chi connectivity index (χ1) is 8.84. The molecule has 18 heavy (non-hydrogen) atoms. The summed E-state index contributed by atoms with van der Waals surface area (Å²) >= 11 is 0. The van der Waals surface area contributed by atoms with E-state index in [0.717, 1.165) is 6.54 Å². The third-order valence-electron chi connectivity index (χ3n) is 4.36. The van der Waals surface area contributed by atoms with E-state index in [9.17, 15) is 4.79 Å². The van der Waals surface area contributed by atoms with Crippen LogP contribution in [0.4, 0.5) is 0 Å². The van der Waals surface area contributed by atoms with Gasteiger partial charge in [0.2, 0.25) is 5.91 Å². The number of carbonyl (C=O) groups excluding carboxylic acids is 1. The molecule has 2 N–H and O–H groups in total. The largest absolute Gasteiger partial charge is 0.353 e. The molecule has 0 spiro atoms. The summed E-state index contributed by atoms with van der Waals surface area (Å²) in [6.07, 6.45) is 13.6. The fourth-order valence-corrected chi connectivity index (χ4v) is 3.24. The van der Waals surface area contributed by atoms with Gasteiger partial charge >= 0.3 is 0 Å². The van der Waals surface area contributed by atoms with Crippen molar-refractivity contribution >= 4 is 5.91 Å². The molecule has 0 heterocycles. The molecule has 0 aliphatic heterocycles. The van der Waals surface area contributed by atoms with Crippen molar-refractivity contribution in [2.75, 3.05) is 6.54 Å². The summed E-state index contributed by atoms with van der Waals surface area (Å²) in [6, 6.07) is 1.13. The van der Waals surface area contributed by atoms with Gasteiger partial charge in [-0.15, -0.1) is 0 Å².